The van der Waals surface area contributed by atoms with E-state index in [1.54, 1.807) is 0 Å². The summed E-state index contributed by atoms with van der Waals surface area (Å²) in [5, 5.41) is 13.3. The van der Waals surface area contributed by atoms with E-state index in [1.807, 2.05) is 36.7 Å². The standard InChI is InChI=1S/C29H24FN5/c1-17(2)32-22-12-20(15-31-16-22)19-8-11-27-25(13-19)29(35-34-27)28-14-24-23(4-3-5-26(24)33-28)18-6-9-21(30)10-7-18/h3-17,32-33H,1-2H3,(H,34,35). The summed E-state index contributed by atoms with van der Waals surface area (Å²) in [7, 11) is 0. The van der Waals surface area contributed by atoms with Crippen molar-refractivity contribution in [1.82, 2.24) is 20.2 Å². The average molecular weight is 462 g/mol. The van der Waals surface area contributed by atoms with Gasteiger partial charge in [0, 0.05) is 40.3 Å². The molecule has 0 fully saturated rings. The Kier molecular flexibility index (Phi) is 5.07. The smallest absolute Gasteiger partial charge is 0.123 e. The van der Waals surface area contributed by atoms with Crippen LogP contribution >= 0.6 is 0 Å². The molecule has 6 aromatic rings. The summed E-state index contributed by atoms with van der Waals surface area (Å²) in [6.07, 6.45) is 3.72. The minimum Gasteiger partial charge on any atom is -0.382 e. The van der Waals surface area contributed by atoms with Gasteiger partial charge in [-0.2, -0.15) is 5.10 Å². The van der Waals surface area contributed by atoms with E-state index in [9.17, 15) is 4.39 Å². The number of rotatable bonds is 5. The van der Waals surface area contributed by atoms with Crippen LogP contribution in [0.1, 0.15) is 13.8 Å². The number of nitrogens with one attached hydrogen (secondary N) is 3. The van der Waals surface area contributed by atoms with Crippen LogP contribution in [0.4, 0.5) is 10.1 Å². The molecule has 0 aliphatic heterocycles. The largest absolute Gasteiger partial charge is 0.382 e. The number of anilines is 1. The van der Waals surface area contributed by atoms with Gasteiger partial charge in [-0.3, -0.25) is 10.1 Å². The summed E-state index contributed by atoms with van der Waals surface area (Å²) >= 11 is 0. The molecular formula is C29H24FN5. The van der Waals surface area contributed by atoms with Crippen LogP contribution in [-0.4, -0.2) is 26.2 Å². The van der Waals surface area contributed by atoms with Crippen molar-refractivity contribution < 1.29 is 4.39 Å². The topological polar surface area (TPSA) is 69.4 Å². The van der Waals surface area contributed by atoms with Gasteiger partial charge in [-0.1, -0.05) is 30.3 Å². The Labute approximate surface area is 202 Å². The minimum absolute atomic E-state index is 0.241. The SMILES string of the molecule is CC(C)Nc1cncc(-c2ccc3[nH]nc(-c4cc5c(-c6ccc(F)cc6)cccc5[nH]4)c3c2)c1. The number of H-pyrrole nitrogens is 2. The molecule has 0 atom stereocenters. The van der Waals surface area contributed by atoms with Crippen LogP contribution < -0.4 is 5.32 Å². The molecule has 0 bridgehead atoms. The summed E-state index contributed by atoms with van der Waals surface area (Å²) in [4.78, 5) is 7.94. The highest BCUT2D eigenvalue weighted by Crippen LogP contribution is 2.35. The van der Waals surface area contributed by atoms with E-state index < -0.39 is 0 Å². The Morgan fingerprint density at radius 3 is 2.46 bits per heavy atom. The van der Waals surface area contributed by atoms with Crippen molar-refractivity contribution in [1.29, 1.82) is 0 Å². The summed E-state index contributed by atoms with van der Waals surface area (Å²) in [5.41, 5.74) is 8.87. The molecule has 0 aliphatic rings. The van der Waals surface area contributed by atoms with Crippen molar-refractivity contribution in [2.75, 3.05) is 5.32 Å². The second-order valence-corrected chi connectivity index (χ2v) is 9.05. The maximum Gasteiger partial charge on any atom is 0.123 e. The molecule has 3 heterocycles. The monoisotopic (exact) mass is 461 g/mol. The number of halogens is 1. The summed E-state index contributed by atoms with van der Waals surface area (Å²) in [6, 6.07) is 23.6. The van der Waals surface area contributed by atoms with Crippen LogP contribution in [0.5, 0.6) is 0 Å². The first-order valence-corrected chi connectivity index (χ1v) is 11.6. The molecular weight excluding hydrogens is 437 g/mol. The molecule has 6 rings (SSSR count). The Morgan fingerprint density at radius 1 is 0.800 bits per heavy atom. The predicted molar refractivity (Wildman–Crippen MR) is 141 cm³/mol. The molecule has 172 valence electrons. The second kappa shape index (κ2) is 8.40. The first kappa shape index (κ1) is 21.1. The van der Waals surface area contributed by atoms with Crippen molar-refractivity contribution in [3.05, 3.63) is 91.0 Å². The molecule has 3 N–H and O–H groups in total. The van der Waals surface area contributed by atoms with Crippen molar-refractivity contribution in [3.8, 4) is 33.6 Å². The van der Waals surface area contributed by atoms with Crippen molar-refractivity contribution in [2.24, 2.45) is 0 Å². The zero-order valence-electron chi connectivity index (χ0n) is 19.4. The number of benzene rings is 3. The van der Waals surface area contributed by atoms with E-state index in [1.165, 1.54) is 12.1 Å². The lowest BCUT2D eigenvalue weighted by atomic mass is 10.0. The van der Waals surface area contributed by atoms with E-state index in [-0.39, 0.29) is 5.82 Å². The number of fused-ring (bicyclic) bond motifs is 2. The molecule has 0 amide bonds. The number of hydrogen-bond acceptors (Lipinski definition) is 3. The first-order valence-electron chi connectivity index (χ1n) is 11.6. The van der Waals surface area contributed by atoms with Gasteiger partial charge in [-0.25, -0.2) is 4.39 Å². The normalized spacial score (nSPS) is 11.5. The van der Waals surface area contributed by atoms with Crippen LogP contribution in [0, 0.1) is 5.82 Å². The third-order valence-corrected chi connectivity index (χ3v) is 6.16. The quantitative estimate of drug-likeness (QED) is 0.250. The van der Waals surface area contributed by atoms with E-state index in [4.69, 9.17) is 0 Å². The zero-order valence-corrected chi connectivity index (χ0v) is 19.4. The van der Waals surface area contributed by atoms with Crippen molar-refractivity contribution >= 4 is 27.5 Å². The third-order valence-electron chi connectivity index (χ3n) is 6.16. The molecule has 35 heavy (non-hydrogen) atoms. The van der Waals surface area contributed by atoms with Gasteiger partial charge < -0.3 is 10.3 Å². The summed E-state index contributed by atoms with van der Waals surface area (Å²) in [5.74, 6) is -0.241. The zero-order chi connectivity index (χ0) is 23.9. The number of hydrogen-bond donors (Lipinski definition) is 3. The fourth-order valence-electron chi connectivity index (χ4n) is 4.57. The maximum absolute atomic E-state index is 13.5. The van der Waals surface area contributed by atoms with Crippen LogP contribution in [0.15, 0.2) is 85.2 Å². The lowest BCUT2D eigenvalue weighted by molar-refractivity contribution is 0.628. The van der Waals surface area contributed by atoms with Gasteiger partial charge in [0.15, 0.2) is 0 Å². The van der Waals surface area contributed by atoms with Crippen molar-refractivity contribution in [3.63, 3.8) is 0 Å². The highest BCUT2D eigenvalue weighted by molar-refractivity contribution is 6.01. The molecule has 0 saturated carbocycles. The van der Waals surface area contributed by atoms with Crippen LogP contribution in [0.2, 0.25) is 0 Å². The highest BCUT2D eigenvalue weighted by atomic mass is 19.1. The molecule has 0 unspecified atom stereocenters. The van der Waals surface area contributed by atoms with Gasteiger partial charge in [0.05, 0.1) is 16.9 Å². The number of pyridine rings is 1. The van der Waals surface area contributed by atoms with Gasteiger partial charge >= 0.3 is 0 Å². The van der Waals surface area contributed by atoms with Crippen LogP contribution in [0.25, 0.3) is 55.4 Å². The molecule has 0 aliphatic carbocycles. The number of aromatic amines is 2. The van der Waals surface area contributed by atoms with E-state index in [0.717, 1.165) is 61.1 Å². The van der Waals surface area contributed by atoms with E-state index in [2.05, 4.69) is 75.7 Å². The lowest BCUT2D eigenvalue weighted by Gasteiger charge is -2.11. The van der Waals surface area contributed by atoms with Crippen molar-refractivity contribution in [2.45, 2.75) is 19.9 Å². The summed E-state index contributed by atoms with van der Waals surface area (Å²) in [6.45, 7) is 4.22. The Balaban J connectivity index is 1.44. The molecule has 0 saturated heterocycles. The van der Waals surface area contributed by atoms with Gasteiger partial charge in [0.1, 0.15) is 11.5 Å². The average Bonchev–Trinajstić information content (AvgIpc) is 3.48. The molecule has 3 aromatic heterocycles. The Morgan fingerprint density at radius 2 is 1.63 bits per heavy atom. The fraction of sp³-hybridized carbons (Fsp3) is 0.103. The third kappa shape index (κ3) is 3.93. The molecule has 5 nitrogen and oxygen atoms in total. The number of nitrogens with zero attached hydrogens (tertiary/aromatic N) is 2. The first-order chi connectivity index (χ1) is 17.0. The van der Waals surface area contributed by atoms with Gasteiger partial charge in [0.25, 0.3) is 0 Å². The minimum atomic E-state index is -0.241. The van der Waals surface area contributed by atoms with Crippen LogP contribution in [-0.2, 0) is 0 Å². The second-order valence-electron chi connectivity index (χ2n) is 9.05. The highest BCUT2D eigenvalue weighted by Gasteiger charge is 2.14. The predicted octanol–water partition coefficient (Wildman–Crippen LogP) is 7.40. The van der Waals surface area contributed by atoms with E-state index in [0.29, 0.717) is 6.04 Å². The van der Waals surface area contributed by atoms with Gasteiger partial charge in [-0.15, -0.1) is 0 Å². The summed E-state index contributed by atoms with van der Waals surface area (Å²) < 4.78 is 13.5. The maximum atomic E-state index is 13.5. The fourth-order valence-corrected chi connectivity index (χ4v) is 4.57. The van der Waals surface area contributed by atoms with Gasteiger partial charge in [0.2, 0.25) is 0 Å². The van der Waals surface area contributed by atoms with Crippen LogP contribution in [0.3, 0.4) is 0 Å². The molecule has 6 heteroatoms. The Hall–Kier alpha value is -4.45. The Bertz CT molecular complexity index is 1660. The molecule has 3 aromatic carbocycles. The lowest BCUT2D eigenvalue weighted by Crippen LogP contribution is -2.09. The molecule has 0 spiro atoms. The molecule has 0 radical (unpaired) electrons. The number of aromatic nitrogens is 4. The van der Waals surface area contributed by atoms with E-state index >= 15 is 0 Å². The van der Waals surface area contributed by atoms with Gasteiger partial charge in [-0.05, 0) is 73.0 Å².